The number of methoxy groups -OCH3 is 1. The maximum absolute atomic E-state index is 12.0. The highest BCUT2D eigenvalue weighted by Crippen LogP contribution is 2.18. The molecule has 0 saturated carbocycles. The predicted octanol–water partition coefficient (Wildman–Crippen LogP) is 2.13. The molecule has 1 atom stereocenters. The first kappa shape index (κ1) is 18.5. The van der Waals surface area contributed by atoms with Gasteiger partial charge in [0.05, 0.1) is 12.4 Å². The van der Waals surface area contributed by atoms with Gasteiger partial charge in [-0.1, -0.05) is 42.1 Å². The number of benzene rings is 1. The Balaban J connectivity index is 1.95. The van der Waals surface area contributed by atoms with Crippen LogP contribution in [-0.2, 0) is 22.5 Å². The molecule has 7 heteroatoms. The molecule has 0 aliphatic carbocycles. The third-order valence-corrected chi connectivity index (χ3v) is 4.44. The lowest BCUT2D eigenvalue weighted by Gasteiger charge is -2.12. The number of hydrogen-bond donors (Lipinski definition) is 1. The van der Waals surface area contributed by atoms with Gasteiger partial charge in [-0.15, -0.1) is 10.2 Å². The Morgan fingerprint density at radius 3 is 2.75 bits per heavy atom. The number of carbonyl (C=O) groups excluding carboxylic acids is 1. The lowest BCUT2D eigenvalue weighted by atomic mass is 10.1. The molecule has 1 aromatic heterocycles. The molecule has 1 N–H and O–H groups in total. The summed E-state index contributed by atoms with van der Waals surface area (Å²) in [4.78, 5) is 12.0. The highest BCUT2D eigenvalue weighted by atomic mass is 32.2. The van der Waals surface area contributed by atoms with E-state index in [-0.39, 0.29) is 11.9 Å². The van der Waals surface area contributed by atoms with E-state index in [0.717, 1.165) is 23.9 Å². The average Bonchev–Trinajstić information content (AvgIpc) is 2.95. The highest BCUT2D eigenvalue weighted by molar-refractivity contribution is 7.99. The van der Waals surface area contributed by atoms with E-state index in [1.165, 1.54) is 17.3 Å². The summed E-state index contributed by atoms with van der Waals surface area (Å²) < 4.78 is 7.07. The molecule has 0 spiro atoms. The monoisotopic (exact) mass is 348 g/mol. The number of carbonyl (C=O) groups is 1. The zero-order chi connectivity index (χ0) is 17.4. The number of ether oxygens (including phenoxy) is 1. The SMILES string of the molecule is CCn1c(Cc2ccccc2)nnc1SCC(=O)NC(C)COC. The summed E-state index contributed by atoms with van der Waals surface area (Å²) in [5.41, 5.74) is 1.20. The van der Waals surface area contributed by atoms with Gasteiger partial charge in [-0.25, -0.2) is 0 Å². The Morgan fingerprint density at radius 2 is 2.08 bits per heavy atom. The number of hydrogen-bond acceptors (Lipinski definition) is 5. The molecule has 0 radical (unpaired) electrons. The average molecular weight is 348 g/mol. The number of aromatic nitrogens is 3. The smallest absolute Gasteiger partial charge is 0.230 e. The molecule has 6 nitrogen and oxygen atoms in total. The van der Waals surface area contributed by atoms with Crippen molar-refractivity contribution in [2.45, 2.75) is 38.0 Å². The number of nitrogens with zero attached hydrogens (tertiary/aromatic N) is 3. The van der Waals surface area contributed by atoms with Crippen LogP contribution in [0.4, 0.5) is 0 Å². The van der Waals surface area contributed by atoms with Crippen molar-refractivity contribution in [3.8, 4) is 0 Å². The molecule has 1 aromatic carbocycles. The van der Waals surface area contributed by atoms with Crippen LogP contribution in [0.2, 0.25) is 0 Å². The molecule has 1 amide bonds. The number of amides is 1. The molecule has 130 valence electrons. The van der Waals surface area contributed by atoms with E-state index < -0.39 is 0 Å². The maximum atomic E-state index is 12.0. The molecular formula is C17H24N4O2S. The van der Waals surface area contributed by atoms with Gasteiger partial charge in [0.2, 0.25) is 5.91 Å². The van der Waals surface area contributed by atoms with Gasteiger partial charge in [-0.3, -0.25) is 4.79 Å². The van der Waals surface area contributed by atoms with E-state index in [1.807, 2.05) is 25.1 Å². The lowest BCUT2D eigenvalue weighted by Crippen LogP contribution is -2.36. The summed E-state index contributed by atoms with van der Waals surface area (Å²) in [6.45, 7) is 5.25. The molecule has 0 saturated heterocycles. The van der Waals surface area contributed by atoms with Crippen LogP contribution in [0.3, 0.4) is 0 Å². The van der Waals surface area contributed by atoms with Gasteiger partial charge in [-0.2, -0.15) is 0 Å². The normalized spacial score (nSPS) is 12.1. The van der Waals surface area contributed by atoms with Crippen molar-refractivity contribution in [1.29, 1.82) is 0 Å². The van der Waals surface area contributed by atoms with Crippen molar-refractivity contribution < 1.29 is 9.53 Å². The summed E-state index contributed by atoms with van der Waals surface area (Å²) in [6.07, 6.45) is 0.735. The summed E-state index contributed by atoms with van der Waals surface area (Å²) in [5.74, 6) is 1.21. The summed E-state index contributed by atoms with van der Waals surface area (Å²) in [5, 5.41) is 12.2. The zero-order valence-corrected chi connectivity index (χ0v) is 15.2. The Kier molecular flexibility index (Phi) is 7.27. The van der Waals surface area contributed by atoms with Crippen LogP contribution in [0.15, 0.2) is 35.5 Å². The molecule has 0 aliphatic rings. The largest absolute Gasteiger partial charge is 0.383 e. The number of rotatable bonds is 9. The van der Waals surface area contributed by atoms with Gasteiger partial charge in [0.25, 0.3) is 0 Å². The Bertz CT molecular complexity index is 645. The van der Waals surface area contributed by atoms with Crippen molar-refractivity contribution in [3.05, 3.63) is 41.7 Å². The highest BCUT2D eigenvalue weighted by Gasteiger charge is 2.14. The minimum atomic E-state index is -0.0280. The van der Waals surface area contributed by atoms with Crippen LogP contribution in [0, 0.1) is 0 Å². The van der Waals surface area contributed by atoms with Crippen LogP contribution in [-0.4, -0.2) is 46.2 Å². The quantitative estimate of drug-likeness (QED) is 0.703. The fourth-order valence-electron chi connectivity index (χ4n) is 2.39. The molecule has 2 aromatic rings. The van der Waals surface area contributed by atoms with E-state index in [1.54, 1.807) is 7.11 Å². The summed E-state index contributed by atoms with van der Waals surface area (Å²) in [7, 11) is 1.62. The van der Waals surface area contributed by atoms with Crippen molar-refractivity contribution in [3.63, 3.8) is 0 Å². The summed E-state index contributed by atoms with van der Waals surface area (Å²) >= 11 is 1.41. The Hall–Kier alpha value is -1.86. The zero-order valence-electron chi connectivity index (χ0n) is 14.4. The van der Waals surface area contributed by atoms with Gasteiger partial charge < -0.3 is 14.6 Å². The fourth-order valence-corrected chi connectivity index (χ4v) is 3.22. The van der Waals surface area contributed by atoms with Gasteiger partial charge in [0, 0.05) is 26.1 Å². The van der Waals surface area contributed by atoms with Gasteiger partial charge in [0.1, 0.15) is 5.82 Å². The van der Waals surface area contributed by atoms with Gasteiger partial charge in [-0.05, 0) is 19.4 Å². The molecular weight excluding hydrogens is 324 g/mol. The fraction of sp³-hybridized carbons (Fsp3) is 0.471. The van der Waals surface area contributed by atoms with Crippen LogP contribution in [0.25, 0.3) is 0 Å². The Labute approximate surface area is 147 Å². The third kappa shape index (κ3) is 5.35. The number of thioether (sulfide) groups is 1. The van der Waals surface area contributed by atoms with Crippen molar-refractivity contribution >= 4 is 17.7 Å². The molecule has 0 aliphatic heterocycles. The van der Waals surface area contributed by atoms with Gasteiger partial charge >= 0.3 is 0 Å². The molecule has 1 unspecified atom stereocenters. The molecule has 24 heavy (non-hydrogen) atoms. The molecule has 1 heterocycles. The van der Waals surface area contributed by atoms with Crippen molar-refractivity contribution in [2.75, 3.05) is 19.5 Å². The van der Waals surface area contributed by atoms with E-state index in [2.05, 4.69) is 39.1 Å². The first-order chi connectivity index (χ1) is 11.6. The number of nitrogens with one attached hydrogen (secondary N) is 1. The molecule has 0 bridgehead atoms. The van der Waals surface area contributed by atoms with Gasteiger partial charge in [0.15, 0.2) is 5.16 Å². The van der Waals surface area contributed by atoms with E-state index in [9.17, 15) is 4.79 Å². The Morgan fingerprint density at radius 1 is 1.33 bits per heavy atom. The first-order valence-corrected chi connectivity index (χ1v) is 8.99. The van der Waals surface area contributed by atoms with E-state index in [4.69, 9.17) is 4.74 Å². The second-order valence-electron chi connectivity index (χ2n) is 5.52. The third-order valence-electron chi connectivity index (χ3n) is 3.47. The second kappa shape index (κ2) is 9.44. The second-order valence-corrected chi connectivity index (χ2v) is 6.46. The van der Waals surface area contributed by atoms with Crippen LogP contribution in [0.5, 0.6) is 0 Å². The molecule has 0 fully saturated rings. The minimum Gasteiger partial charge on any atom is -0.383 e. The minimum absolute atomic E-state index is 0.000728. The predicted molar refractivity (Wildman–Crippen MR) is 95.1 cm³/mol. The van der Waals surface area contributed by atoms with Crippen molar-refractivity contribution in [2.24, 2.45) is 0 Å². The topological polar surface area (TPSA) is 69.0 Å². The van der Waals surface area contributed by atoms with E-state index in [0.29, 0.717) is 12.4 Å². The summed E-state index contributed by atoms with van der Waals surface area (Å²) in [6, 6.07) is 10.2. The van der Waals surface area contributed by atoms with Crippen LogP contribution < -0.4 is 5.32 Å². The van der Waals surface area contributed by atoms with Crippen LogP contribution >= 0.6 is 11.8 Å². The standard InChI is InChI=1S/C17H24N4O2S/c1-4-21-15(10-14-8-6-5-7-9-14)19-20-17(21)24-12-16(22)18-13(2)11-23-3/h5-9,13H,4,10-12H2,1-3H3,(H,18,22). The van der Waals surface area contributed by atoms with E-state index >= 15 is 0 Å². The maximum Gasteiger partial charge on any atom is 0.230 e. The molecule has 2 rings (SSSR count). The first-order valence-electron chi connectivity index (χ1n) is 8.01. The lowest BCUT2D eigenvalue weighted by molar-refractivity contribution is -0.119. The van der Waals surface area contributed by atoms with Crippen molar-refractivity contribution in [1.82, 2.24) is 20.1 Å². The van der Waals surface area contributed by atoms with Crippen LogP contribution in [0.1, 0.15) is 25.2 Å².